The molecule has 0 saturated carbocycles. The molecule has 1 amide bonds. The second-order valence-corrected chi connectivity index (χ2v) is 6.60. The number of pyridine rings is 1. The van der Waals surface area contributed by atoms with Crippen molar-refractivity contribution in [2.24, 2.45) is 0 Å². The summed E-state index contributed by atoms with van der Waals surface area (Å²) in [5.74, 6) is -1.000. The molecule has 3 rings (SSSR count). The number of nitrogens with zero attached hydrogens (tertiary/aromatic N) is 1. The van der Waals surface area contributed by atoms with Gasteiger partial charge in [0, 0.05) is 11.1 Å². The number of carbonyl (C=O) groups is 2. The van der Waals surface area contributed by atoms with Crippen LogP contribution in [0.2, 0.25) is 0 Å². The molecule has 1 aliphatic carbocycles. The smallest absolute Gasteiger partial charge is 0.331 e. The highest BCUT2D eigenvalue weighted by Gasteiger charge is 2.27. The summed E-state index contributed by atoms with van der Waals surface area (Å²) in [5.41, 5.74) is 4.28. The van der Waals surface area contributed by atoms with E-state index in [1.165, 1.54) is 0 Å². The molecule has 138 valence electrons. The van der Waals surface area contributed by atoms with E-state index in [2.05, 4.69) is 5.32 Å². The van der Waals surface area contributed by atoms with Crippen LogP contribution in [0.5, 0.6) is 0 Å². The Morgan fingerprint density at radius 3 is 2.81 bits per heavy atom. The first-order valence-corrected chi connectivity index (χ1v) is 9.05. The summed E-state index contributed by atoms with van der Waals surface area (Å²) in [7, 11) is 0. The summed E-state index contributed by atoms with van der Waals surface area (Å²) in [6, 6.07) is 4.77. The first kappa shape index (κ1) is 18.3. The van der Waals surface area contributed by atoms with Gasteiger partial charge in [-0.15, -0.1) is 0 Å². The van der Waals surface area contributed by atoms with Crippen LogP contribution in [-0.2, 0) is 22.4 Å². The monoisotopic (exact) mass is 356 g/mol. The summed E-state index contributed by atoms with van der Waals surface area (Å²) in [4.78, 5) is 29.7. The van der Waals surface area contributed by atoms with Crippen LogP contribution in [-0.4, -0.2) is 41.2 Å². The number of amides is 1. The number of benzene rings is 1. The van der Waals surface area contributed by atoms with E-state index in [0.29, 0.717) is 5.56 Å². The third-order valence-electron chi connectivity index (χ3n) is 4.70. The molecule has 26 heavy (non-hydrogen) atoms. The van der Waals surface area contributed by atoms with Crippen LogP contribution in [0, 0.1) is 6.92 Å². The Morgan fingerprint density at radius 1 is 1.31 bits per heavy atom. The van der Waals surface area contributed by atoms with Gasteiger partial charge in [-0.25, -0.2) is 4.79 Å². The highest BCUT2D eigenvalue weighted by molar-refractivity contribution is 6.08. The predicted molar refractivity (Wildman–Crippen MR) is 98.1 cm³/mol. The molecule has 2 aromatic rings. The van der Waals surface area contributed by atoms with Crippen LogP contribution < -0.4 is 5.32 Å². The second-order valence-electron chi connectivity index (χ2n) is 6.60. The Hall–Kier alpha value is -2.47. The molecule has 1 aromatic carbocycles. The van der Waals surface area contributed by atoms with Gasteiger partial charge < -0.3 is 15.2 Å². The van der Waals surface area contributed by atoms with Crippen molar-refractivity contribution in [3.63, 3.8) is 0 Å². The van der Waals surface area contributed by atoms with E-state index in [-0.39, 0.29) is 12.5 Å². The van der Waals surface area contributed by atoms with Crippen molar-refractivity contribution in [1.29, 1.82) is 0 Å². The lowest BCUT2D eigenvalue weighted by molar-refractivity contribution is -0.146. The second kappa shape index (κ2) is 7.83. The maximum absolute atomic E-state index is 13.1. The van der Waals surface area contributed by atoms with Gasteiger partial charge in [0.15, 0.2) is 6.04 Å². The molecule has 2 N–H and O–H groups in total. The third kappa shape index (κ3) is 3.55. The zero-order chi connectivity index (χ0) is 18.7. The lowest BCUT2D eigenvalue weighted by Crippen LogP contribution is -2.44. The van der Waals surface area contributed by atoms with E-state index in [0.717, 1.165) is 53.4 Å². The molecule has 1 unspecified atom stereocenters. The highest BCUT2D eigenvalue weighted by atomic mass is 16.5. The third-order valence-corrected chi connectivity index (χ3v) is 4.70. The zero-order valence-corrected chi connectivity index (χ0v) is 15.2. The highest BCUT2D eigenvalue weighted by Crippen LogP contribution is 2.30. The number of aromatic nitrogens is 1. The summed E-state index contributed by atoms with van der Waals surface area (Å²) in [6.07, 6.45) is 3.70. The molecule has 0 bridgehead atoms. The lowest BCUT2D eigenvalue weighted by atomic mass is 9.89. The maximum Gasteiger partial charge on any atom is 0.331 e. The number of hydrogen-bond donors (Lipinski definition) is 2. The number of rotatable bonds is 5. The molecule has 1 aromatic heterocycles. The maximum atomic E-state index is 13.1. The Labute approximate surface area is 152 Å². The molecule has 1 heterocycles. The molecule has 1 aliphatic rings. The number of carbonyl (C=O) groups excluding carboxylic acids is 2. The minimum atomic E-state index is -1.07. The molecule has 6 heteroatoms. The van der Waals surface area contributed by atoms with Gasteiger partial charge in [0.25, 0.3) is 5.91 Å². The van der Waals surface area contributed by atoms with E-state index < -0.39 is 18.6 Å². The summed E-state index contributed by atoms with van der Waals surface area (Å²) in [5, 5.41) is 12.9. The summed E-state index contributed by atoms with van der Waals surface area (Å²) >= 11 is 0. The average Bonchev–Trinajstić information content (AvgIpc) is 2.64. The first-order chi connectivity index (χ1) is 12.5. The van der Waals surface area contributed by atoms with Crippen molar-refractivity contribution < 1.29 is 19.4 Å². The van der Waals surface area contributed by atoms with Crippen LogP contribution in [0.15, 0.2) is 18.2 Å². The Bertz CT molecular complexity index is 847. The lowest BCUT2D eigenvalue weighted by Gasteiger charge is -2.22. The molecule has 1 atom stereocenters. The Balaban J connectivity index is 2.05. The Kier molecular flexibility index (Phi) is 5.52. The van der Waals surface area contributed by atoms with E-state index in [1.54, 1.807) is 6.92 Å². The van der Waals surface area contributed by atoms with Gasteiger partial charge in [-0.05, 0) is 57.2 Å². The number of fused-ring (bicyclic) bond motifs is 2. The quantitative estimate of drug-likeness (QED) is 0.801. The van der Waals surface area contributed by atoms with Gasteiger partial charge in [0.2, 0.25) is 0 Å². The molecular formula is C20H24N2O4. The van der Waals surface area contributed by atoms with Gasteiger partial charge in [-0.1, -0.05) is 11.6 Å². The summed E-state index contributed by atoms with van der Waals surface area (Å²) < 4.78 is 4.92. The van der Waals surface area contributed by atoms with Gasteiger partial charge >= 0.3 is 5.97 Å². The van der Waals surface area contributed by atoms with Crippen LogP contribution in [0.3, 0.4) is 0 Å². The van der Waals surface area contributed by atoms with E-state index in [9.17, 15) is 14.7 Å². The number of aliphatic hydroxyl groups excluding tert-OH is 1. The molecule has 0 radical (unpaired) electrons. The number of ether oxygens (including phenoxy) is 1. The number of aliphatic hydroxyl groups is 1. The van der Waals surface area contributed by atoms with Crippen molar-refractivity contribution in [3.05, 3.63) is 40.6 Å². The molecule has 0 spiro atoms. The van der Waals surface area contributed by atoms with Gasteiger partial charge in [-0.2, -0.15) is 0 Å². The van der Waals surface area contributed by atoms with Crippen molar-refractivity contribution in [2.45, 2.75) is 45.6 Å². The van der Waals surface area contributed by atoms with Crippen LogP contribution in [0.1, 0.15) is 46.9 Å². The standard InChI is InChI=1S/C20H24N2O4/c1-3-26-20(25)17(11-23)22-19(24)18-13-6-4-5-7-15(13)21-16-9-8-12(2)10-14(16)18/h8-10,17,23H,3-7,11H2,1-2H3,(H,22,24). The molecule has 0 aliphatic heterocycles. The normalized spacial score (nSPS) is 14.6. The average molecular weight is 356 g/mol. The van der Waals surface area contributed by atoms with Crippen LogP contribution in [0.4, 0.5) is 0 Å². The molecular weight excluding hydrogens is 332 g/mol. The van der Waals surface area contributed by atoms with E-state index in [1.807, 2.05) is 25.1 Å². The van der Waals surface area contributed by atoms with Gasteiger partial charge in [0.1, 0.15) is 0 Å². The first-order valence-electron chi connectivity index (χ1n) is 9.05. The minimum absolute atomic E-state index is 0.192. The van der Waals surface area contributed by atoms with Gasteiger partial charge in [-0.3, -0.25) is 9.78 Å². The van der Waals surface area contributed by atoms with Crippen LogP contribution in [0.25, 0.3) is 10.9 Å². The topological polar surface area (TPSA) is 88.5 Å². The number of nitrogens with one attached hydrogen (secondary N) is 1. The summed E-state index contributed by atoms with van der Waals surface area (Å²) in [6.45, 7) is 3.34. The van der Waals surface area contributed by atoms with Crippen molar-refractivity contribution in [2.75, 3.05) is 13.2 Å². The number of aryl methyl sites for hydroxylation is 2. The SMILES string of the molecule is CCOC(=O)C(CO)NC(=O)c1c2c(nc3ccc(C)cc13)CCCC2. The molecule has 6 nitrogen and oxygen atoms in total. The van der Waals surface area contributed by atoms with Crippen molar-refractivity contribution >= 4 is 22.8 Å². The fraction of sp³-hybridized carbons (Fsp3) is 0.450. The van der Waals surface area contributed by atoms with Gasteiger partial charge in [0.05, 0.1) is 24.3 Å². The van der Waals surface area contributed by atoms with E-state index >= 15 is 0 Å². The fourth-order valence-corrected chi connectivity index (χ4v) is 3.45. The minimum Gasteiger partial charge on any atom is -0.464 e. The van der Waals surface area contributed by atoms with Crippen molar-refractivity contribution in [3.8, 4) is 0 Å². The fourth-order valence-electron chi connectivity index (χ4n) is 3.45. The van der Waals surface area contributed by atoms with E-state index in [4.69, 9.17) is 9.72 Å². The van der Waals surface area contributed by atoms with Crippen LogP contribution >= 0.6 is 0 Å². The Morgan fingerprint density at radius 2 is 2.08 bits per heavy atom. The zero-order valence-electron chi connectivity index (χ0n) is 15.2. The number of esters is 1. The predicted octanol–water partition coefficient (Wildman–Crippen LogP) is 2.08. The molecule has 0 fully saturated rings. The molecule has 0 saturated heterocycles. The largest absolute Gasteiger partial charge is 0.464 e. The number of hydrogen-bond acceptors (Lipinski definition) is 5. The van der Waals surface area contributed by atoms with Crippen molar-refractivity contribution in [1.82, 2.24) is 10.3 Å².